The molecule has 0 saturated carbocycles. The molecule has 516 valence electrons. The monoisotopic (exact) mass is 1640 g/mol. The Morgan fingerprint density at radius 3 is 1.05 bits per heavy atom. The van der Waals surface area contributed by atoms with Crippen LogP contribution in [-0.4, -0.2) is 117 Å². The van der Waals surface area contributed by atoms with E-state index in [0.717, 1.165) is 116 Å². The number of nitrogens with zero attached hydrogens (tertiary/aromatic N) is 4. The Morgan fingerprint density at radius 2 is 0.650 bits per heavy atom. The van der Waals surface area contributed by atoms with Gasteiger partial charge in [0.05, 0.1) is 101 Å². The maximum absolute atomic E-state index is 10.7. The number of H-pyrrole nitrogens is 4. The van der Waals surface area contributed by atoms with Gasteiger partial charge in [-0.15, -0.1) is 22.7 Å². The molecule has 103 heavy (non-hydrogen) atoms. The summed E-state index contributed by atoms with van der Waals surface area (Å²) in [7, 11) is 4.30. The summed E-state index contributed by atoms with van der Waals surface area (Å²) in [6, 6.07) is 63.4. The number of aromatic amines is 4. The molecule has 4 radical (unpaired) electrons. The van der Waals surface area contributed by atoms with E-state index in [9.17, 15) is 38.4 Å². The number of thiophene rings is 2. The van der Waals surface area contributed by atoms with Gasteiger partial charge in [0.2, 0.25) is 24.4 Å². The Hall–Kier alpha value is -8.62. The molecule has 8 N–H and O–H groups in total. The normalized spacial score (nSPS) is 10.4. The maximum Gasteiger partial charge on any atom is 2.00 e. The molecule has 34 heteroatoms. The fraction of sp³-hybridized carbons (Fsp3) is 0.0725. The molecule has 4 atom stereocenters. The van der Waals surface area contributed by atoms with E-state index in [1.165, 1.54) is 41.4 Å². The number of ether oxygens (including phenoxy) is 4. The van der Waals surface area contributed by atoms with Crippen LogP contribution in [-0.2, 0) is 112 Å². The van der Waals surface area contributed by atoms with E-state index < -0.39 is 24.4 Å². The van der Waals surface area contributed by atoms with Gasteiger partial charge in [-0.3, -0.25) is 19.2 Å². The number of nitrogens with one attached hydrogen (secondary N) is 8. The molecular formula is C69H56N12O12P4S2V4. The summed E-state index contributed by atoms with van der Waals surface area (Å²) in [5.41, 5.74) is 40.9. The van der Waals surface area contributed by atoms with E-state index in [0.29, 0.717) is 22.3 Å². The first kappa shape index (κ1) is 86.8. The third kappa shape index (κ3) is 23.7. The van der Waals surface area contributed by atoms with Crippen LogP contribution in [0.25, 0.3) is 152 Å². The van der Waals surface area contributed by atoms with Crippen LogP contribution in [0.15, 0.2) is 170 Å². The number of imidazole rings is 4. The molecule has 4 amide bonds. The van der Waals surface area contributed by atoms with Crippen molar-refractivity contribution in [3.05, 3.63) is 193 Å². The number of hydrogen-bond acceptors (Lipinski definition) is 18. The largest absolute Gasteiger partial charge is 2.00 e. The molecule has 6 aromatic heterocycles. The number of fused-ring (bicyclic) bond motifs is 6. The molecule has 0 fully saturated rings. The van der Waals surface area contributed by atoms with Gasteiger partial charge in [-0.1, -0.05) is 92.4 Å². The fourth-order valence-corrected chi connectivity index (χ4v) is 13.6. The second kappa shape index (κ2) is 42.2. The first-order valence-corrected chi connectivity index (χ1v) is 34.0. The van der Waals surface area contributed by atoms with Gasteiger partial charge in [0, 0.05) is 19.8 Å². The molecule has 14 aromatic rings. The molecule has 0 aliphatic rings. The molecular weight excluding hydrogens is 1580 g/mol. The third-order valence-corrected chi connectivity index (χ3v) is 18.7. The van der Waals surface area contributed by atoms with Gasteiger partial charge in [-0.2, -0.15) is 34.3 Å². The average Bonchev–Trinajstić information content (AvgIpc) is 1.77. The molecule has 24 nitrogen and oxygen atoms in total. The second-order valence-electron chi connectivity index (χ2n) is 20.1. The molecule has 0 aliphatic heterocycles. The predicted molar refractivity (Wildman–Crippen MR) is 403 cm³/mol. The van der Waals surface area contributed by atoms with Crippen LogP contribution in [0.2, 0.25) is 0 Å². The number of methoxy groups -OCH3 is 4. The number of carbonyl (C=O) groups is 4. The number of hydrogen-bond donors (Lipinski definition) is 4. The van der Waals surface area contributed by atoms with Gasteiger partial charge >= 0.3 is 74.2 Å². The van der Waals surface area contributed by atoms with Crippen molar-refractivity contribution in [1.82, 2.24) is 39.9 Å². The summed E-state index contributed by atoms with van der Waals surface area (Å²) in [6.07, 6.45) is -0.443. The van der Waals surface area contributed by atoms with Crippen molar-refractivity contribution in [2.24, 2.45) is 0 Å². The number of amides is 4. The Morgan fingerprint density at radius 1 is 0.359 bits per heavy atom. The van der Waals surface area contributed by atoms with Gasteiger partial charge in [0.25, 0.3) is 0 Å². The van der Waals surface area contributed by atoms with Crippen LogP contribution in [0.1, 0.15) is 7.43 Å². The van der Waals surface area contributed by atoms with Gasteiger partial charge in [-0.25, -0.2) is 44.0 Å². The van der Waals surface area contributed by atoms with E-state index in [-0.39, 0.29) is 116 Å². The zero-order valence-electron chi connectivity index (χ0n) is 53.5. The summed E-state index contributed by atoms with van der Waals surface area (Å²) in [5.74, 6) is 0. The summed E-state index contributed by atoms with van der Waals surface area (Å²) < 4.78 is 17.5. The third-order valence-electron chi connectivity index (χ3n) is 14.1. The minimum atomic E-state index is -0.995. The Balaban J connectivity index is 0.000000333. The summed E-state index contributed by atoms with van der Waals surface area (Å²) in [6.45, 7) is 0. The number of carbonyl (C=O) groups excluding carboxylic acids is 8. The minimum absolute atomic E-state index is 0. The molecule has 0 bridgehead atoms. The van der Waals surface area contributed by atoms with Crippen molar-refractivity contribution in [3.8, 4) is 65.6 Å². The van der Waals surface area contributed by atoms with Crippen LogP contribution in [0.4, 0.5) is 19.2 Å². The van der Waals surface area contributed by atoms with E-state index in [1.54, 1.807) is 35.1 Å². The van der Waals surface area contributed by atoms with Crippen LogP contribution in [0, 0.1) is 0 Å². The maximum atomic E-state index is 10.7. The second-order valence-corrected chi connectivity index (χ2v) is 26.0. The molecule has 6 heterocycles. The average molecular weight is 1640 g/mol. The smallest absolute Gasteiger partial charge is 0.632 e. The van der Waals surface area contributed by atoms with Crippen molar-refractivity contribution in [2.45, 2.75) is 7.43 Å². The first-order chi connectivity index (χ1) is 47.4. The molecule has 0 spiro atoms. The standard InChI is InChI=1S/2C30H18N4O2P2S.4C2H5NO2.CH4.4V/c35-15-37-29-31-14-26(34-29)28-13-23-6-5-22(12-27(23)39-28)20-4-2-17-9-19(3-1-18(17)10-20)21-7-8-24-25(11-21)33-30(32-24)38-16-36;35-15-37-29-31-14-26(34-29)21-5-3-17-9-18(1-2-19(17)10-21)20-4-6-23-13-28(39-27(23)12-20)22-7-8-24-25(11-22)33-30(32-24)38-16-36;4*1-5-2(3)4;;;;;/h2*1-14,37-38H,(H,31,34)(H,32,33);4*1H3,(H2,3,4);1H4;;;;/q2*-2;;;;;;4*+2/p-4. The number of rotatable bonds is 14. The summed E-state index contributed by atoms with van der Waals surface area (Å²) in [5, 5.41) is 7.02. The van der Waals surface area contributed by atoms with Crippen LogP contribution in [0.5, 0.6) is 0 Å². The SMILES string of the molecule is C.COC([NH-])=O.COC([NH-])=O.COC([NH-])=O.COC([NH-])=O.O=[C-]Pc1ncc(-c2cc3ccc(-c4ccc5cc(-c6ccc7nc(P[C-]=O)[nH]c7c6)ccc5c4)cc3s2)[nH]1.O=[C-]Pc1ncc(-c2ccc3cc(-c4ccc5cc(-c6ccc7nc(P[C-]=O)[nH]c7c6)sc5c4)ccc3c2)[nH]1.[V+2].[V+2].[V+2].[V+2]. The number of benzene rings is 8. The summed E-state index contributed by atoms with van der Waals surface area (Å²) in [4.78, 5) is 112. The molecule has 4 unspecified atom stereocenters. The predicted octanol–water partition coefficient (Wildman–Crippen LogP) is 16.6. The molecule has 0 saturated heterocycles. The molecule has 8 aromatic carbocycles. The van der Waals surface area contributed by atoms with E-state index in [2.05, 4.69) is 204 Å². The van der Waals surface area contributed by atoms with Crippen molar-refractivity contribution in [1.29, 1.82) is 0 Å². The Labute approximate surface area is 651 Å². The molecule has 0 aliphatic carbocycles. The van der Waals surface area contributed by atoms with Crippen molar-refractivity contribution in [3.63, 3.8) is 0 Å². The van der Waals surface area contributed by atoms with Gasteiger partial charge in [0.15, 0.2) is 0 Å². The van der Waals surface area contributed by atoms with Crippen LogP contribution >= 0.6 is 57.0 Å². The zero-order valence-corrected chi connectivity index (χ0v) is 64.7. The van der Waals surface area contributed by atoms with Crippen LogP contribution < -0.4 is 22.3 Å². The quantitative estimate of drug-likeness (QED) is 0.0446. The molecule has 14 rings (SSSR count). The van der Waals surface area contributed by atoms with Gasteiger partial charge in [0.1, 0.15) is 0 Å². The van der Waals surface area contributed by atoms with Crippen molar-refractivity contribution in [2.75, 3.05) is 28.4 Å². The van der Waals surface area contributed by atoms with Gasteiger partial charge in [-0.05, 0) is 144 Å². The van der Waals surface area contributed by atoms with Crippen LogP contribution in [0.3, 0.4) is 0 Å². The summed E-state index contributed by atoms with van der Waals surface area (Å²) >= 11 is 3.47. The number of aromatic nitrogens is 8. The first-order valence-electron chi connectivity index (χ1n) is 28.4. The minimum Gasteiger partial charge on any atom is -0.632 e. The zero-order chi connectivity index (χ0) is 69.8. The van der Waals surface area contributed by atoms with E-state index >= 15 is 0 Å². The van der Waals surface area contributed by atoms with Crippen molar-refractivity contribution < 1.29 is 132 Å². The van der Waals surface area contributed by atoms with E-state index in [4.69, 9.17) is 22.9 Å². The Kier molecular flexibility index (Phi) is 35.6. The van der Waals surface area contributed by atoms with Gasteiger partial charge < -0.3 is 81.0 Å². The Bertz CT molecular complexity index is 5210. The topological polar surface area (TPSA) is 383 Å². The van der Waals surface area contributed by atoms with E-state index in [1.807, 2.05) is 36.2 Å². The van der Waals surface area contributed by atoms with Crippen molar-refractivity contribution >= 4 is 192 Å². The fourth-order valence-electron chi connectivity index (χ4n) is 9.60.